The average Bonchev–Trinajstić information content (AvgIpc) is 2.69. The molecule has 0 spiro atoms. The van der Waals surface area contributed by atoms with Gasteiger partial charge < -0.3 is 9.47 Å². The first-order valence-corrected chi connectivity index (χ1v) is 5.08. The lowest BCUT2D eigenvalue weighted by atomic mass is 10.5. The maximum atomic E-state index is 4.27. The number of hydrogen-bond donors (Lipinski definition) is 0. The molecule has 0 aliphatic carbocycles. The Morgan fingerprint density at radius 1 is 1.38 bits per heavy atom. The zero-order valence-electron chi connectivity index (χ0n) is 9.62. The van der Waals surface area contributed by atoms with Gasteiger partial charge in [0, 0.05) is 20.6 Å². The van der Waals surface area contributed by atoms with Crippen LogP contribution < -0.4 is 0 Å². The molecule has 0 radical (unpaired) electrons. The Morgan fingerprint density at radius 3 is 2.88 bits per heavy atom. The lowest BCUT2D eigenvalue weighted by molar-refractivity contribution is 0.643. The molecule has 0 aromatic carbocycles. The van der Waals surface area contributed by atoms with Gasteiger partial charge in [-0.2, -0.15) is 0 Å². The summed E-state index contributed by atoms with van der Waals surface area (Å²) in [5.41, 5.74) is 1.56. The zero-order valence-corrected chi connectivity index (χ0v) is 9.62. The van der Waals surface area contributed by atoms with E-state index in [2.05, 4.69) is 19.9 Å². The van der Waals surface area contributed by atoms with Gasteiger partial charge in [-0.15, -0.1) is 0 Å². The number of aromatic nitrogens is 4. The highest BCUT2D eigenvalue weighted by molar-refractivity contribution is 5.82. The van der Waals surface area contributed by atoms with E-state index >= 15 is 0 Å². The van der Waals surface area contributed by atoms with E-state index in [9.17, 15) is 0 Å². The van der Waals surface area contributed by atoms with Gasteiger partial charge in [0.05, 0.1) is 12.7 Å². The second-order valence-corrected chi connectivity index (χ2v) is 3.61. The highest BCUT2D eigenvalue weighted by Gasteiger charge is 2.07. The molecule has 2 aromatic rings. The highest BCUT2D eigenvalue weighted by atomic mass is 15.2. The van der Waals surface area contributed by atoms with Crippen molar-refractivity contribution in [3.63, 3.8) is 0 Å². The van der Waals surface area contributed by atoms with Crippen molar-refractivity contribution < 1.29 is 0 Å². The molecule has 0 aliphatic heterocycles. The molecule has 0 amide bonds. The predicted octanol–water partition coefficient (Wildman–Crippen LogP) is 1.07. The number of nitrogens with zero attached hydrogens (tertiary/aromatic N) is 6. The minimum atomic E-state index is 0.603. The van der Waals surface area contributed by atoms with Crippen molar-refractivity contribution in [3.8, 4) is 0 Å². The predicted molar refractivity (Wildman–Crippen MR) is 62.8 cm³/mol. The molecule has 0 bridgehead atoms. The van der Waals surface area contributed by atoms with Gasteiger partial charge in [-0.05, 0) is 6.92 Å². The summed E-state index contributed by atoms with van der Waals surface area (Å²) in [6, 6.07) is 0. The van der Waals surface area contributed by atoms with Gasteiger partial charge in [0.2, 0.25) is 0 Å². The number of hydrogen-bond acceptors (Lipinski definition) is 4. The van der Waals surface area contributed by atoms with Crippen LogP contribution in [-0.4, -0.2) is 44.9 Å². The van der Waals surface area contributed by atoms with Crippen LogP contribution in [0.2, 0.25) is 0 Å². The molecule has 16 heavy (non-hydrogen) atoms. The number of rotatable bonds is 3. The monoisotopic (exact) mass is 218 g/mol. The maximum absolute atomic E-state index is 4.27. The maximum Gasteiger partial charge on any atom is 0.184 e. The SMILES string of the molecule is CCn1cnc2c(/N=C/N(C)C)ncnc21. The Balaban J connectivity index is 2.50. The van der Waals surface area contributed by atoms with Gasteiger partial charge in [-0.1, -0.05) is 0 Å². The van der Waals surface area contributed by atoms with Gasteiger partial charge in [-0.3, -0.25) is 0 Å². The smallest absolute Gasteiger partial charge is 0.184 e. The Hall–Kier alpha value is -1.98. The standard InChI is InChI=1S/C10H14N6/c1-4-16-7-13-8-9(14-6-15(2)3)11-5-12-10(8)16/h5-7H,4H2,1-3H3/b14-6+. The van der Waals surface area contributed by atoms with E-state index in [1.807, 2.05) is 30.5 Å². The molecule has 2 rings (SSSR count). The van der Waals surface area contributed by atoms with Crippen molar-refractivity contribution >= 4 is 23.3 Å². The summed E-state index contributed by atoms with van der Waals surface area (Å²) in [5.74, 6) is 0.603. The highest BCUT2D eigenvalue weighted by Crippen LogP contribution is 2.19. The van der Waals surface area contributed by atoms with E-state index in [1.165, 1.54) is 6.33 Å². The van der Waals surface area contributed by atoms with Crippen LogP contribution in [0.25, 0.3) is 11.2 Å². The molecule has 2 heterocycles. The molecule has 0 atom stereocenters. The van der Waals surface area contributed by atoms with Crippen molar-refractivity contribution in [1.82, 2.24) is 24.4 Å². The Bertz CT molecular complexity index is 513. The van der Waals surface area contributed by atoms with Crippen molar-refractivity contribution in [2.24, 2.45) is 4.99 Å². The second kappa shape index (κ2) is 4.26. The van der Waals surface area contributed by atoms with Gasteiger partial charge in [0.25, 0.3) is 0 Å². The number of aliphatic imine (C=N–C) groups is 1. The molecule has 6 nitrogen and oxygen atoms in total. The van der Waals surface area contributed by atoms with Crippen LogP contribution in [0.5, 0.6) is 0 Å². The molecule has 84 valence electrons. The van der Waals surface area contributed by atoms with E-state index in [0.29, 0.717) is 5.82 Å². The average molecular weight is 218 g/mol. The molecule has 2 aromatic heterocycles. The van der Waals surface area contributed by atoms with Crippen molar-refractivity contribution in [1.29, 1.82) is 0 Å². The third-order valence-electron chi connectivity index (χ3n) is 2.13. The Labute approximate surface area is 93.7 Å². The molecular formula is C10H14N6. The molecule has 0 unspecified atom stereocenters. The first kappa shape index (κ1) is 10.5. The molecule has 0 N–H and O–H groups in total. The summed E-state index contributed by atoms with van der Waals surface area (Å²) >= 11 is 0. The third kappa shape index (κ3) is 1.86. The van der Waals surface area contributed by atoms with Crippen molar-refractivity contribution in [2.75, 3.05) is 14.1 Å². The topological polar surface area (TPSA) is 59.2 Å². The summed E-state index contributed by atoms with van der Waals surface area (Å²) in [6.07, 6.45) is 4.97. The van der Waals surface area contributed by atoms with Crippen LogP contribution in [0, 0.1) is 0 Å². The van der Waals surface area contributed by atoms with E-state index in [4.69, 9.17) is 0 Å². The minimum Gasteiger partial charge on any atom is -0.369 e. The molecular weight excluding hydrogens is 204 g/mol. The normalized spacial score (nSPS) is 11.4. The first-order valence-electron chi connectivity index (χ1n) is 5.08. The van der Waals surface area contributed by atoms with Crippen LogP contribution in [0.1, 0.15) is 6.92 Å². The fraction of sp³-hybridized carbons (Fsp3) is 0.400. The number of imidazole rings is 1. The van der Waals surface area contributed by atoms with Crippen molar-refractivity contribution in [2.45, 2.75) is 13.5 Å². The third-order valence-corrected chi connectivity index (χ3v) is 2.13. The van der Waals surface area contributed by atoms with Crippen LogP contribution in [0.3, 0.4) is 0 Å². The van der Waals surface area contributed by atoms with Gasteiger partial charge >= 0.3 is 0 Å². The van der Waals surface area contributed by atoms with Crippen molar-refractivity contribution in [3.05, 3.63) is 12.7 Å². The summed E-state index contributed by atoms with van der Waals surface area (Å²) in [4.78, 5) is 18.7. The fourth-order valence-electron chi connectivity index (χ4n) is 1.36. The fourth-order valence-corrected chi connectivity index (χ4v) is 1.36. The van der Waals surface area contributed by atoms with E-state index in [-0.39, 0.29) is 0 Å². The summed E-state index contributed by atoms with van der Waals surface area (Å²) < 4.78 is 1.96. The number of aryl methyl sites for hydroxylation is 1. The molecule has 0 saturated heterocycles. The second-order valence-electron chi connectivity index (χ2n) is 3.61. The number of fused-ring (bicyclic) bond motifs is 1. The van der Waals surface area contributed by atoms with Crippen LogP contribution in [-0.2, 0) is 6.54 Å². The van der Waals surface area contributed by atoms with Crippen LogP contribution >= 0.6 is 0 Å². The molecule has 6 heteroatoms. The largest absolute Gasteiger partial charge is 0.369 e. The summed E-state index contributed by atoms with van der Waals surface area (Å²) in [7, 11) is 3.82. The van der Waals surface area contributed by atoms with E-state index in [0.717, 1.165) is 17.7 Å². The lowest BCUT2D eigenvalue weighted by Crippen LogP contribution is -2.07. The zero-order chi connectivity index (χ0) is 11.5. The molecule has 0 fully saturated rings. The Kier molecular flexibility index (Phi) is 2.80. The van der Waals surface area contributed by atoms with Gasteiger partial charge in [-0.25, -0.2) is 19.9 Å². The molecule has 0 aliphatic rings. The summed E-state index contributed by atoms with van der Waals surface area (Å²) in [6.45, 7) is 2.89. The van der Waals surface area contributed by atoms with E-state index < -0.39 is 0 Å². The van der Waals surface area contributed by atoms with E-state index in [1.54, 1.807) is 12.7 Å². The van der Waals surface area contributed by atoms with Crippen LogP contribution in [0.15, 0.2) is 17.6 Å². The van der Waals surface area contributed by atoms with Gasteiger partial charge in [0.1, 0.15) is 6.33 Å². The van der Waals surface area contributed by atoms with Gasteiger partial charge in [0.15, 0.2) is 17.0 Å². The summed E-state index contributed by atoms with van der Waals surface area (Å²) in [5, 5.41) is 0. The first-order chi connectivity index (χ1) is 7.72. The Morgan fingerprint density at radius 2 is 2.19 bits per heavy atom. The van der Waals surface area contributed by atoms with Crippen LogP contribution in [0.4, 0.5) is 5.82 Å². The lowest BCUT2D eigenvalue weighted by Gasteiger charge is -2.02. The minimum absolute atomic E-state index is 0.603. The quantitative estimate of drug-likeness (QED) is 0.571. The molecule has 0 saturated carbocycles.